The molecule has 1 amide bonds. The maximum absolute atomic E-state index is 10.9. The number of H-pyrrole nitrogens is 1. The summed E-state index contributed by atoms with van der Waals surface area (Å²) in [5.41, 5.74) is 5.36. The number of amides is 1. The van der Waals surface area contributed by atoms with E-state index < -0.39 is 5.91 Å². The molecule has 3 N–H and O–H groups in total. The number of aromatic nitrogens is 3. The van der Waals surface area contributed by atoms with Crippen LogP contribution in [0.25, 0.3) is 17.1 Å². The molecule has 3 aromatic rings. The van der Waals surface area contributed by atoms with Gasteiger partial charge in [-0.05, 0) is 23.3 Å². The largest absolute Gasteiger partial charge is 0.340 e. The molecule has 0 unspecified atom stereocenters. The number of fused-ring (bicyclic) bond motifs is 1. The number of hydrogen-bond acceptors (Lipinski definition) is 4. The number of pyridine rings is 1. The second-order valence-corrected chi connectivity index (χ2v) is 4.80. The average molecular weight is 331 g/mol. The molecule has 0 saturated heterocycles. The molecular weight excluding hydrogens is 316 g/mol. The lowest BCUT2D eigenvalue weighted by atomic mass is 10.1. The van der Waals surface area contributed by atoms with Crippen molar-refractivity contribution in [3.05, 3.63) is 65.8 Å². The quantitative estimate of drug-likeness (QED) is 0.389. The third-order valence-electron chi connectivity index (χ3n) is 3.22. The first kappa shape index (κ1) is 16.7. The lowest BCUT2D eigenvalue weighted by Gasteiger charge is -1.99. The predicted molar refractivity (Wildman–Crippen MR) is 89.3 cm³/mol. The van der Waals surface area contributed by atoms with Gasteiger partial charge in [0.2, 0.25) is 0 Å². The molecule has 0 radical (unpaired) electrons. The first-order valence-electron chi connectivity index (χ1n) is 6.74. The van der Waals surface area contributed by atoms with Crippen molar-refractivity contribution in [2.75, 3.05) is 0 Å². The van der Waals surface area contributed by atoms with E-state index in [2.05, 4.69) is 15.0 Å². The Kier molecular flexibility index (Phi) is 5.46. The van der Waals surface area contributed by atoms with Crippen LogP contribution in [0.4, 0.5) is 0 Å². The van der Waals surface area contributed by atoms with E-state index in [1.165, 1.54) is 6.08 Å². The van der Waals surface area contributed by atoms with Crippen LogP contribution in [0.1, 0.15) is 17.0 Å². The number of rotatable bonds is 4. The molecule has 0 aliphatic rings. The van der Waals surface area contributed by atoms with Gasteiger partial charge < -0.3 is 4.98 Å². The van der Waals surface area contributed by atoms with Crippen molar-refractivity contribution < 1.29 is 10.0 Å². The molecular formula is C16H15ClN4O2. The first-order valence-corrected chi connectivity index (χ1v) is 6.74. The zero-order valence-electron chi connectivity index (χ0n) is 12.1. The first-order chi connectivity index (χ1) is 10.7. The zero-order chi connectivity index (χ0) is 15.4. The van der Waals surface area contributed by atoms with Gasteiger partial charge in [0.15, 0.2) is 0 Å². The van der Waals surface area contributed by atoms with Crippen LogP contribution in [0, 0.1) is 0 Å². The van der Waals surface area contributed by atoms with E-state index in [1.807, 2.05) is 30.3 Å². The highest BCUT2D eigenvalue weighted by Crippen LogP contribution is 2.13. The average Bonchev–Trinajstić information content (AvgIpc) is 2.96. The van der Waals surface area contributed by atoms with Gasteiger partial charge in [0.05, 0.1) is 17.2 Å². The van der Waals surface area contributed by atoms with Crippen molar-refractivity contribution >= 4 is 35.4 Å². The maximum Gasteiger partial charge on any atom is 0.267 e. The molecule has 118 valence electrons. The van der Waals surface area contributed by atoms with Gasteiger partial charge in [0.1, 0.15) is 5.82 Å². The molecule has 0 saturated carbocycles. The van der Waals surface area contributed by atoms with Gasteiger partial charge in [-0.1, -0.05) is 24.3 Å². The number of nitrogens with one attached hydrogen (secondary N) is 2. The molecule has 1 aromatic carbocycles. The lowest BCUT2D eigenvalue weighted by Crippen LogP contribution is -2.14. The Morgan fingerprint density at radius 3 is 2.74 bits per heavy atom. The van der Waals surface area contributed by atoms with E-state index in [1.54, 1.807) is 23.9 Å². The summed E-state index contributed by atoms with van der Waals surface area (Å²) in [4.78, 5) is 22.7. The topological polar surface area (TPSA) is 90.9 Å². The summed E-state index contributed by atoms with van der Waals surface area (Å²) in [5, 5.41) is 8.42. The Balaban J connectivity index is 0.00000192. The number of carbonyl (C=O) groups excluding carboxylic acids is 1. The molecule has 2 aromatic heterocycles. The van der Waals surface area contributed by atoms with E-state index in [4.69, 9.17) is 5.21 Å². The second kappa shape index (κ2) is 7.53. The van der Waals surface area contributed by atoms with Crippen molar-refractivity contribution in [1.82, 2.24) is 20.4 Å². The number of imidazole rings is 1. The normalized spacial score (nSPS) is 10.7. The van der Waals surface area contributed by atoms with Crippen molar-refractivity contribution in [2.24, 2.45) is 0 Å². The highest BCUT2D eigenvalue weighted by Gasteiger charge is 2.03. The second-order valence-electron chi connectivity index (χ2n) is 4.80. The molecule has 6 nitrogen and oxygen atoms in total. The summed E-state index contributed by atoms with van der Waals surface area (Å²) in [6.45, 7) is 0. The molecule has 2 heterocycles. The van der Waals surface area contributed by atoms with Crippen LogP contribution < -0.4 is 5.48 Å². The van der Waals surface area contributed by atoms with Gasteiger partial charge in [0.25, 0.3) is 5.91 Å². The van der Waals surface area contributed by atoms with Gasteiger partial charge >= 0.3 is 0 Å². The van der Waals surface area contributed by atoms with Crippen LogP contribution in [0.3, 0.4) is 0 Å². The monoisotopic (exact) mass is 330 g/mol. The minimum Gasteiger partial charge on any atom is -0.340 e. The van der Waals surface area contributed by atoms with Gasteiger partial charge in [-0.3, -0.25) is 15.0 Å². The molecule has 23 heavy (non-hydrogen) atoms. The lowest BCUT2D eigenvalue weighted by molar-refractivity contribution is -0.124. The summed E-state index contributed by atoms with van der Waals surface area (Å²) >= 11 is 0. The standard InChI is InChI=1S/C16H14N4O2.ClH/c21-16(20-22)6-5-11-1-3-12(4-2-11)9-15-18-13-7-8-17-10-14(13)19-15;/h1-8,10,22H,9H2,(H,18,19)(H,20,21);1H/b6-5+;. The summed E-state index contributed by atoms with van der Waals surface area (Å²) in [6.07, 6.45) is 7.06. The van der Waals surface area contributed by atoms with Crippen molar-refractivity contribution in [3.8, 4) is 0 Å². The van der Waals surface area contributed by atoms with Crippen LogP contribution in [0.5, 0.6) is 0 Å². The van der Waals surface area contributed by atoms with E-state index in [0.29, 0.717) is 6.42 Å². The fourth-order valence-corrected chi connectivity index (χ4v) is 2.14. The number of benzene rings is 1. The number of nitrogens with zero attached hydrogens (tertiary/aromatic N) is 2. The Bertz CT molecular complexity index is 794. The van der Waals surface area contributed by atoms with Crippen LogP contribution in [-0.4, -0.2) is 26.1 Å². The fourth-order valence-electron chi connectivity index (χ4n) is 2.14. The summed E-state index contributed by atoms with van der Waals surface area (Å²) in [6, 6.07) is 9.63. The molecule has 0 bridgehead atoms. The number of carbonyl (C=O) groups is 1. The third kappa shape index (κ3) is 4.15. The van der Waals surface area contributed by atoms with E-state index in [0.717, 1.165) is 28.0 Å². The number of halogens is 1. The Hall–Kier alpha value is -2.70. The van der Waals surface area contributed by atoms with Gasteiger partial charge in [-0.2, -0.15) is 0 Å². The zero-order valence-corrected chi connectivity index (χ0v) is 12.9. The minimum atomic E-state index is -0.556. The summed E-state index contributed by atoms with van der Waals surface area (Å²) in [7, 11) is 0. The fraction of sp³-hybridized carbons (Fsp3) is 0.0625. The number of hydroxylamine groups is 1. The summed E-state index contributed by atoms with van der Waals surface area (Å²) < 4.78 is 0. The van der Waals surface area contributed by atoms with Crippen LogP contribution in [0.15, 0.2) is 48.8 Å². The van der Waals surface area contributed by atoms with E-state index in [9.17, 15) is 4.79 Å². The van der Waals surface area contributed by atoms with Crippen molar-refractivity contribution in [3.63, 3.8) is 0 Å². The van der Waals surface area contributed by atoms with E-state index in [-0.39, 0.29) is 12.4 Å². The predicted octanol–water partition coefficient (Wildman–Crippen LogP) is 2.49. The van der Waals surface area contributed by atoms with Crippen molar-refractivity contribution in [1.29, 1.82) is 0 Å². The molecule has 3 rings (SSSR count). The molecule has 0 aliphatic heterocycles. The highest BCUT2D eigenvalue weighted by molar-refractivity contribution is 5.90. The number of aromatic amines is 1. The number of hydrogen-bond donors (Lipinski definition) is 3. The van der Waals surface area contributed by atoms with Crippen LogP contribution >= 0.6 is 12.4 Å². The minimum absolute atomic E-state index is 0. The smallest absolute Gasteiger partial charge is 0.267 e. The Morgan fingerprint density at radius 2 is 2.04 bits per heavy atom. The molecule has 0 spiro atoms. The van der Waals surface area contributed by atoms with E-state index >= 15 is 0 Å². The highest BCUT2D eigenvalue weighted by atomic mass is 35.5. The molecule has 7 heteroatoms. The summed E-state index contributed by atoms with van der Waals surface area (Å²) in [5.74, 6) is 0.325. The Labute approximate surface area is 138 Å². The van der Waals surface area contributed by atoms with Gasteiger partial charge in [0, 0.05) is 18.7 Å². The van der Waals surface area contributed by atoms with Crippen LogP contribution in [-0.2, 0) is 11.2 Å². The molecule has 0 fully saturated rings. The molecule has 0 aliphatic carbocycles. The molecule has 0 atom stereocenters. The van der Waals surface area contributed by atoms with Gasteiger partial charge in [-0.25, -0.2) is 10.5 Å². The van der Waals surface area contributed by atoms with Crippen molar-refractivity contribution in [2.45, 2.75) is 6.42 Å². The Morgan fingerprint density at radius 1 is 1.26 bits per heavy atom. The third-order valence-corrected chi connectivity index (χ3v) is 3.22. The van der Waals surface area contributed by atoms with Crippen LogP contribution in [0.2, 0.25) is 0 Å². The van der Waals surface area contributed by atoms with Gasteiger partial charge in [-0.15, -0.1) is 12.4 Å². The SMILES string of the molecule is Cl.O=C(/C=C/c1ccc(Cc2nc3ccncc3[nH]2)cc1)NO. The maximum atomic E-state index is 10.9.